The summed E-state index contributed by atoms with van der Waals surface area (Å²) in [5.41, 5.74) is 3.93. The Labute approximate surface area is 181 Å². The van der Waals surface area contributed by atoms with Crippen molar-refractivity contribution in [2.75, 3.05) is 18.4 Å². The first kappa shape index (κ1) is 19.4. The number of fused-ring (bicyclic) bond motifs is 1. The highest BCUT2D eigenvalue weighted by Gasteiger charge is 2.12. The van der Waals surface area contributed by atoms with E-state index in [2.05, 4.69) is 45.9 Å². The lowest BCUT2D eigenvalue weighted by molar-refractivity contribution is 0.479. The van der Waals surface area contributed by atoms with Gasteiger partial charge in [-0.25, -0.2) is 0 Å². The van der Waals surface area contributed by atoms with Crippen molar-refractivity contribution in [2.45, 2.75) is 18.9 Å². The van der Waals surface area contributed by atoms with E-state index in [4.69, 9.17) is 4.74 Å². The fourth-order valence-electron chi connectivity index (χ4n) is 4.08. The van der Waals surface area contributed by atoms with E-state index >= 15 is 0 Å². The molecule has 0 atom stereocenters. The van der Waals surface area contributed by atoms with Gasteiger partial charge in [-0.3, -0.25) is 4.79 Å². The summed E-state index contributed by atoms with van der Waals surface area (Å²) in [6.45, 7) is 2.15. The molecule has 0 radical (unpaired) electrons. The topological polar surface area (TPSA) is 66.2 Å². The lowest BCUT2D eigenvalue weighted by atomic mass is 10.0. The van der Waals surface area contributed by atoms with Gasteiger partial charge < -0.3 is 20.4 Å². The quantitative estimate of drug-likeness (QED) is 0.425. The van der Waals surface area contributed by atoms with E-state index in [0.29, 0.717) is 17.5 Å². The summed E-state index contributed by atoms with van der Waals surface area (Å²) in [4.78, 5) is 14.9. The number of hydrogen-bond acceptors (Lipinski definition) is 4. The Balaban J connectivity index is 1.36. The standard InChI is InChI=1S/C26H25N3O2/c30-26-17-25(23-6-1-2-7-24(23)29-26)31-22-5-3-4-19(16-22)18-8-10-20(11-9-18)28-21-12-14-27-15-13-21/h1-11,16-17,21,27-28H,12-15H2,(H,29,30). The highest BCUT2D eigenvalue weighted by Crippen LogP contribution is 2.31. The van der Waals surface area contributed by atoms with E-state index in [9.17, 15) is 4.79 Å². The molecule has 5 rings (SSSR count). The van der Waals surface area contributed by atoms with Crippen LogP contribution in [0.2, 0.25) is 0 Å². The number of nitrogens with one attached hydrogen (secondary N) is 3. The molecular formula is C26H25N3O2. The summed E-state index contributed by atoms with van der Waals surface area (Å²) >= 11 is 0. The predicted molar refractivity (Wildman–Crippen MR) is 126 cm³/mol. The molecular weight excluding hydrogens is 386 g/mol. The first-order valence-corrected chi connectivity index (χ1v) is 10.7. The third kappa shape index (κ3) is 4.47. The van der Waals surface area contributed by atoms with Gasteiger partial charge in [0.2, 0.25) is 0 Å². The minimum absolute atomic E-state index is 0.179. The monoisotopic (exact) mass is 411 g/mol. The van der Waals surface area contributed by atoms with Crippen molar-refractivity contribution in [1.82, 2.24) is 10.3 Å². The Morgan fingerprint density at radius 2 is 1.65 bits per heavy atom. The number of aromatic amines is 1. The van der Waals surface area contributed by atoms with Crippen molar-refractivity contribution in [3.8, 4) is 22.6 Å². The van der Waals surface area contributed by atoms with Crippen molar-refractivity contribution in [2.24, 2.45) is 0 Å². The van der Waals surface area contributed by atoms with Gasteiger partial charge in [-0.1, -0.05) is 36.4 Å². The van der Waals surface area contributed by atoms with Crippen LogP contribution in [0.5, 0.6) is 11.5 Å². The first-order valence-electron chi connectivity index (χ1n) is 10.7. The number of ether oxygens (including phenoxy) is 1. The Morgan fingerprint density at radius 1 is 0.839 bits per heavy atom. The van der Waals surface area contributed by atoms with Crippen LogP contribution in [0.3, 0.4) is 0 Å². The average Bonchev–Trinajstić information content (AvgIpc) is 2.80. The van der Waals surface area contributed by atoms with Crippen LogP contribution in [0.25, 0.3) is 22.0 Å². The molecule has 1 aliphatic heterocycles. The molecule has 0 unspecified atom stereocenters. The summed E-state index contributed by atoms with van der Waals surface area (Å²) in [5.74, 6) is 1.25. The zero-order valence-corrected chi connectivity index (χ0v) is 17.2. The molecule has 0 aliphatic carbocycles. The second-order valence-corrected chi connectivity index (χ2v) is 7.92. The number of para-hydroxylation sites is 1. The zero-order chi connectivity index (χ0) is 21.0. The molecule has 1 saturated heterocycles. The second-order valence-electron chi connectivity index (χ2n) is 7.92. The largest absolute Gasteiger partial charge is 0.456 e. The van der Waals surface area contributed by atoms with Crippen molar-refractivity contribution in [3.63, 3.8) is 0 Å². The third-order valence-electron chi connectivity index (χ3n) is 5.70. The van der Waals surface area contributed by atoms with Gasteiger partial charge in [-0.05, 0) is 73.5 Å². The van der Waals surface area contributed by atoms with Gasteiger partial charge in [0.15, 0.2) is 0 Å². The van der Waals surface area contributed by atoms with Crippen molar-refractivity contribution >= 4 is 16.6 Å². The summed E-state index contributed by atoms with van der Waals surface area (Å²) in [6.07, 6.45) is 2.30. The maximum absolute atomic E-state index is 12.0. The summed E-state index contributed by atoms with van der Waals surface area (Å²) < 4.78 is 6.12. The maximum Gasteiger partial charge on any atom is 0.252 e. The minimum atomic E-state index is -0.179. The Morgan fingerprint density at radius 3 is 2.48 bits per heavy atom. The van der Waals surface area contributed by atoms with Gasteiger partial charge in [0.25, 0.3) is 5.56 Å². The second kappa shape index (κ2) is 8.66. The highest BCUT2D eigenvalue weighted by atomic mass is 16.5. The molecule has 5 heteroatoms. The highest BCUT2D eigenvalue weighted by molar-refractivity contribution is 5.85. The number of piperidine rings is 1. The molecule has 3 aromatic carbocycles. The fourth-order valence-corrected chi connectivity index (χ4v) is 4.08. The number of hydrogen-bond donors (Lipinski definition) is 3. The summed E-state index contributed by atoms with van der Waals surface area (Å²) in [5, 5.41) is 7.90. The number of H-pyrrole nitrogens is 1. The maximum atomic E-state index is 12.0. The third-order valence-corrected chi connectivity index (χ3v) is 5.70. The van der Waals surface area contributed by atoms with Gasteiger partial charge in [0, 0.05) is 23.2 Å². The van der Waals surface area contributed by atoms with Crippen molar-refractivity contribution < 1.29 is 4.74 Å². The normalized spacial score (nSPS) is 14.5. The number of anilines is 1. The number of benzene rings is 3. The van der Waals surface area contributed by atoms with Gasteiger partial charge in [-0.2, -0.15) is 0 Å². The smallest absolute Gasteiger partial charge is 0.252 e. The van der Waals surface area contributed by atoms with Crippen LogP contribution in [0.15, 0.2) is 83.7 Å². The molecule has 0 spiro atoms. The predicted octanol–water partition coefficient (Wildman–Crippen LogP) is 5.15. The van der Waals surface area contributed by atoms with Gasteiger partial charge in [-0.15, -0.1) is 0 Å². The average molecular weight is 412 g/mol. The summed E-state index contributed by atoms with van der Waals surface area (Å²) in [6, 6.07) is 26.2. The molecule has 4 aromatic rings. The van der Waals surface area contributed by atoms with E-state index in [0.717, 1.165) is 53.6 Å². The molecule has 1 aromatic heterocycles. The van der Waals surface area contributed by atoms with Crippen LogP contribution >= 0.6 is 0 Å². The van der Waals surface area contributed by atoms with Crippen molar-refractivity contribution in [1.29, 1.82) is 0 Å². The Bertz CT molecular complexity index is 1240. The number of aromatic nitrogens is 1. The SMILES string of the molecule is O=c1cc(Oc2cccc(-c3ccc(NC4CCNCC4)cc3)c2)c2ccccc2[nH]1. The van der Waals surface area contributed by atoms with Gasteiger partial charge in [0.1, 0.15) is 11.5 Å². The molecule has 3 N–H and O–H groups in total. The van der Waals surface area contributed by atoms with Crippen LogP contribution in [0.4, 0.5) is 5.69 Å². The van der Waals surface area contributed by atoms with E-state index in [1.54, 1.807) is 0 Å². The fraction of sp³-hybridized carbons (Fsp3) is 0.192. The molecule has 5 nitrogen and oxygen atoms in total. The van der Waals surface area contributed by atoms with E-state index in [1.165, 1.54) is 6.07 Å². The number of rotatable bonds is 5. The number of pyridine rings is 1. The molecule has 0 amide bonds. The van der Waals surface area contributed by atoms with Crippen LogP contribution in [-0.2, 0) is 0 Å². The molecule has 31 heavy (non-hydrogen) atoms. The van der Waals surface area contributed by atoms with E-state index in [-0.39, 0.29) is 5.56 Å². The van der Waals surface area contributed by atoms with Gasteiger partial charge in [0.05, 0.1) is 5.52 Å². The van der Waals surface area contributed by atoms with E-state index < -0.39 is 0 Å². The van der Waals surface area contributed by atoms with Crippen LogP contribution in [0.1, 0.15) is 12.8 Å². The molecule has 1 fully saturated rings. The van der Waals surface area contributed by atoms with Crippen LogP contribution < -0.4 is 20.9 Å². The molecule has 0 bridgehead atoms. The van der Waals surface area contributed by atoms with Gasteiger partial charge >= 0.3 is 0 Å². The zero-order valence-electron chi connectivity index (χ0n) is 17.2. The van der Waals surface area contributed by atoms with Crippen LogP contribution in [0, 0.1) is 0 Å². The molecule has 156 valence electrons. The molecule has 2 heterocycles. The lowest BCUT2D eigenvalue weighted by Gasteiger charge is -2.24. The molecule has 0 saturated carbocycles. The van der Waals surface area contributed by atoms with E-state index in [1.807, 2.05) is 42.5 Å². The Kier molecular flexibility index (Phi) is 5.42. The molecule has 1 aliphatic rings. The summed E-state index contributed by atoms with van der Waals surface area (Å²) in [7, 11) is 0. The van der Waals surface area contributed by atoms with Crippen molar-refractivity contribution in [3.05, 3.63) is 89.2 Å². The first-order chi connectivity index (χ1) is 15.2. The minimum Gasteiger partial charge on any atom is -0.456 e. The lowest BCUT2D eigenvalue weighted by Crippen LogP contribution is -2.35. The van der Waals surface area contributed by atoms with Crippen LogP contribution in [-0.4, -0.2) is 24.1 Å². The Hall–Kier alpha value is -3.57.